The molecule has 0 radical (unpaired) electrons. The first-order valence-corrected chi connectivity index (χ1v) is 9.49. The largest absolute Gasteiger partial charge is 0.304 e. The maximum Gasteiger partial charge on any atom is 0.0575 e. The Hall–Kier alpha value is 1.35. The third-order valence-electron chi connectivity index (χ3n) is 2.48. The minimum atomic E-state index is 0.739. The van der Waals surface area contributed by atoms with Crippen LogP contribution in [-0.2, 0) is 0 Å². The number of halogens is 1. The van der Waals surface area contributed by atoms with E-state index in [-0.39, 0.29) is 0 Å². The summed E-state index contributed by atoms with van der Waals surface area (Å²) in [6, 6.07) is 0. The van der Waals surface area contributed by atoms with Gasteiger partial charge in [-0.05, 0) is 35.2 Å². The van der Waals surface area contributed by atoms with Crippen LogP contribution in [0.3, 0.4) is 0 Å². The molecule has 1 fully saturated rings. The summed E-state index contributed by atoms with van der Waals surface area (Å²) in [6.07, 6.45) is 0. The lowest BCUT2D eigenvalue weighted by Gasteiger charge is -2.32. The van der Waals surface area contributed by atoms with Crippen molar-refractivity contribution in [2.45, 2.75) is 11.5 Å². The zero-order chi connectivity index (χ0) is 10.4. The Morgan fingerprint density at radius 2 is 1.93 bits per heavy atom. The van der Waals surface area contributed by atoms with Gasteiger partial charge in [0, 0.05) is 38.5 Å². The molecule has 14 heavy (non-hydrogen) atoms. The van der Waals surface area contributed by atoms with E-state index < -0.39 is 0 Å². The molecule has 84 valence electrons. The normalized spacial score (nSPS) is 22.5. The van der Waals surface area contributed by atoms with Gasteiger partial charge in [-0.3, -0.25) is 4.90 Å². The molecule has 2 nitrogen and oxygen atoms in total. The van der Waals surface area contributed by atoms with Crippen LogP contribution in [0.1, 0.15) is 6.92 Å². The number of hydrogen-bond acceptors (Lipinski definition) is 4. The van der Waals surface area contributed by atoms with Gasteiger partial charge < -0.3 is 4.90 Å². The van der Waals surface area contributed by atoms with E-state index in [0.717, 1.165) is 4.58 Å². The summed E-state index contributed by atoms with van der Waals surface area (Å²) < 4.78 is 0.739. The van der Waals surface area contributed by atoms with E-state index in [1.807, 2.05) is 8.93 Å². The molecular formula is C9H19IN2S2. The first kappa shape index (κ1) is 13.4. The van der Waals surface area contributed by atoms with Crippen LogP contribution < -0.4 is 0 Å². The fourth-order valence-corrected chi connectivity index (χ4v) is 3.96. The van der Waals surface area contributed by atoms with Crippen molar-refractivity contribution in [1.82, 2.24) is 9.80 Å². The molecular weight excluding hydrogens is 327 g/mol. The fourth-order valence-electron chi connectivity index (χ4n) is 1.44. The van der Waals surface area contributed by atoms with Crippen molar-refractivity contribution in [3.8, 4) is 0 Å². The van der Waals surface area contributed by atoms with E-state index in [2.05, 4.69) is 56.7 Å². The zero-order valence-corrected chi connectivity index (χ0v) is 12.7. The van der Waals surface area contributed by atoms with Crippen LogP contribution in [-0.4, -0.2) is 59.9 Å². The molecule has 1 heterocycles. The summed E-state index contributed by atoms with van der Waals surface area (Å²) in [5.41, 5.74) is 0. The maximum atomic E-state index is 2.58. The highest BCUT2D eigenvalue weighted by molar-refractivity contribution is 14.2. The zero-order valence-electron chi connectivity index (χ0n) is 8.91. The van der Waals surface area contributed by atoms with Crippen molar-refractivity contribution in [2.24, 2.45) is 0 Å². The molecule has 0 aromatic rings. The predicted octanol–water partition coefficient (Wildman–Crippen LogP) is 2.40. The van der Waals surface area contributed by atoms with Gasteiger partial charge in [0.15, 0.2) is 0 Å². The number of thioether (sulfide) groups is 1. The highest BCUT2D eigenvalue weighted by atomic mass is 127. The van der Waals surface area contributed by atoms with E-state index in [9.17, 15) is 0 Å². The molecule has 1 rings (SSSR count). The number of nitrogens with zero attached hydrogens (tertiary/aromatic N) is 2. The third kappa shape index (κ3) is 5.44. The molecule has 1 atom stereocenters. The van der Waals surface area contributed by atoms with Crippen LogP contribution in [0.25, 0.3) is 0 Å². The highest BCUT2D eigenvalue weighted by Gasteiger charge is 2.13. The smallest absolute Gasteiger partial charge is 0.0575 e. The van der Waals surface area contributed by atoms with Gasteiger partial charge in [0.1, 0.15) is 0 Å². The summed E-state index contributed by atoms with van der Waals surface area (Å²) in [5.74, 6) is 1.28. The molecule has 0 aromatic carbocycles. The van der Waals surface area contributed by atoms with Crippen LogP contribution in [0.5, 0.6) is 0 Å². The quantitative estimate of drug-likeness (QED) is 0.557. The molecule has 0 bridgehead atoms. The van der Waals surface area contributed by atoms with Crippen LogP contribution in [0.15, 0.2) is 0 Å². The summed E-state index contributed by atoms with van der Waals surface area (Å²) in [5, 5.41) is 0. The minimum absolute atomic E-state index is 0.739. The Morgan fingerprint density at radius 3 is 2.50 bits per heavy atom. The molecule has 0 saturated carbocycles. The summed E-state index contributed by atoms with van der Waals surface area (Å²) in [4.78, 5) is 4.99. The lowest BCUT2D eigenvalue weighted by Crippen LogP contribution is -2.45. The van der Waals surface area contributed by atoms with Gasteiger partial charge in [-0.2, -0.15) is 0 Å². The van der Waals surface area contributed by atoms with Crippen LogP contribution in [0.2, 0.25) is 0 Å². The number of rotatable bonds is 5. The van der Waals surface area contributed by atoms with Crippen LogP contribution >= 0.6 is 41.9 Å². The third-order valence-corrected chi connectivity index (χ3v) is 7.64. The van der Waals surface area contributed by atoms with Gasteiger partial charge in [-0.25, -0.2) is 0 Å². The Bertz CT molecular complexity index is 152. The van der Waals surface area contributed by atoms with Gasteiger partial charge in [-0.15, -0.1) is 11.8 Å². The topological polar surface area (TPSA) is 6.48 Å². The van der Waals surface area contributed by atoms with Crippen molar-refractivity contribution >= 4 is 41.9 Å². The van der Waals surface area contributed by atoms with Gasteiger partial charge in [0.05, 0.1) is 4.58 Å². The first-order chi connectivity index (χ1) is 6.72. The molecule has 0 aromatic heterocycles. The van der Waals surface area contributed by atoms with E-state index >= 15 is 0 Å². The van der Waals surface area contributed by atoms with Crippen LogP contribution in [0.4, 0.5) is 0 Å². The summed E-state index contributed by atoms with van der Waals surface area (Å²) in [7, 11) is 4.13. The van der Waals surface area contributed by atoms with E-state index in [0.29, 0.717) is 0 Å². The Balaban J connectivity index is 2.02. The Labute approximate surface area is 108 Å². The highest BCUT2D eigenvalue weighted by Crippen LogP contribution is 2.28. The lowest BCUT2D eigenvalue weighted by molar-refractivity contribution is 0.161. The van der Waals surface area contributed by atoms with Crippen molar-refractivity contribution in [2.75, 3.05) is 45.5 Å². The van der Waals surface area contributed by atoms with Crippen molar-refractivity contribution in [1.29, 1.82) is 0 Å². The molecule has 0 amide bonds. The monoisotopic (exact) mass is 346 g/mol. The molecule has 1 aliphatic rings. The first-order valence-electron chi connectivity index (χ1n) is 5.02. The average molecular weight is 346 g/mol. The van der Waals surface area contributed by atoms with Crippen molar-refractivity contribution in [3.05, 3.63) is 0 Å². The second-order valence-electron chi connectivity index (χ2n) is 3.67. The molecule has 5 heteroatoms. The minimum Gasteiger partial charge on any atom is -0.304 e. The molecule has 1 aliphatic heterocycles. The summed E-state index contributed by atoms with van der Waals surface area (Å²) >= 11 is 4.46. The summed E-state index contributed by atoms with van der Waals surface area (Å²) in [6.45, 7) is 8.53. The predicted molar refractivity (Wildman–Crippen MR) is 77.5 cm³/mol. The second kappa shape index (κ2) is 7.60. The number of hydrogen-bond donors (Lipinski definition) is 0. The van der Waals surface area contributed by atoms with Gasteiger partial charge in [0.25, 0.3) is 0 Å². The van der Waals surface area contributed by atoms with Crippen molar-refractivity contribution in [3.63, 3.8) is 0 Å². The fraction of sp³-hybridized carbons (Fsp3) is 1.00. The van der Waals surface area contributed by atoms with E-state index in [1.54, 1.807) is 0 Å². The van der Waals surface area contributed by atoms with Crippen LogP contribution in [0, 0.1) is 0 Å². The molecule has 0 spiro atoms. The van der Waals surface area contributed by atoms with Gasteiger partial charge >= 0.3 is 0 Å². The van der Waals surface area contributed by atoms with Gasteiger partial charge in [-0.1, -0.05) is 8.93 Å². The molecule has 1 unspecified atom stereocenters. The molecule has 1 saturated heterocycles. The number of likely N-dealkylation sites (N-methyl/N-ethyl adjacent to an activating group) is 1. The lowest BCUT2D eigenvalue weighted by atomic mass is 10.3. The Kier molecular flexibility index (Phi) is 7.28. The van der Waals surface area contributed by atoms with Gasteiger partial charge in [0.2, 0.25) is 0 Å². The SMILES string of the molecule is CC(SI)SCCN1CCN(C)CC1. The van der Waals surface area contributed by atoms with E-state index in [4.69, 9.17) is 0 Å². The van der Waals surface area contributed by atoms with E-state index in [1.165, 1.54) is 38.5 Å². The standard InChI is InChI=1S/C9H19IN2S2/c1-9(14-10)13-8-7-12-5-3-11(2)4-6-12/h9H,3-8H2,1-2H3. The average Bonchev–Trinajstić information content (AvgIpc) is 2.21. The number of piperazine rings is 1. The van der Waals surface area contributed by atoms with Crippen molar-refractivity contribution < 1.29 is 0 Å². The molecule has 0 N–H and O–H groups in total. The Morgan fingerprint density at radius 1 is 1.29 bits per heavy atom. The second-order valence-corrected chi connectivity index (χ2v) is 7.83. The maximum absolute atomic E-state index is 2.58. The molecule has 0 aliphatic carbocycles.